The number of rotatable bonds is 3. The second-order valence-corrected chi connectivity index (χ2v) is 4.56. The molecule has 80 valence electrons. The highest BCUT2D eigenvalue weighted by molar-refractivity contribution is 5.87. The smallest absolute Gasteiger partial charge is 0.103 e. The van der Waals surface area contributed by atoms with Crippen molar-refractivity contribution in [1.82, 2.24) is 0 Å². The van der Waals surface area contributed by atoms with Crippen LogP contribution in [-0.2, 0) is 0 Å². The minimum Gasteiger partial charge on any atom is -0.387 e. The molecule has 0 bridgehead atoms. The number of benzene rings is 1. The summed E-state index contributed by atoms with van der Waals surface area (Å²) in [6.07, 6.45) is 2.42. The van der Waals surface area contributed by atoms with Crippen LogP contribution in [0.4, 0.5) is 5.69 Å². The first-order chi connectivity index (χ1) is 7.16. The largest absolute Gasteiger partial charge is 0.387 e. The molecule has 0 heterocycles. The van der Waals surface area contributed by atoms with Gasteiger partial charge in [-0.2, -0.15) is 0 Å². The molecule has 2 heteroatoms. The summed E-state index contributed by atoms with van der Waals surface area (Å²) < 4.78 is 0. The highest BCUT2D eigenvalue weighted by atomic mass is 14.9. The molecule has 1 aromatic carbocycles. The number of aliphatic imine (C=N–C) groups is 1. The van der Waals surface area contributed by atoms with Crippen molar-refractivity contribution in [3.8, 4) is 0 Å². The van der Waals surface area contributed by atoms with Gasteiger partial charge in [0.2, 0.25) is 0 Å². The van der Waals surface area contributed by atoms with E-state index in [1.165, 1.54) is 18.4 Å². The molecule has 1 aromatic rings. The molecular weight excluding hydrogens is 184 g/mol. The Labute approximate surface area is 91.2 Å². The molecule has 1 aliphatic carbocycles. The van der Waals surface area contributed by atoms with Gasteiger partial charge in [0.1, 0.15) is 5.84 Å². The lowest BCUT2D eigenvalue weighted by atomic mass is 10.0. The van der Waals surface area contributed by atoms with Crippen molar-refractivity contribution in [2.75, 3.05) is 0 Å². The van der Waals surface area contributed by atoms with Gasteiger partial charge in [0.15, 0.2) is 0 Å². The first kappa shape index (κ1) is 10.2. The van der Waals surface area contributed by atoms with Gasteiger partial charge in [0.25, 0.3) is 0 Å². The molecule has 1 aliphatic rings. The molecule has 2 N–H and O–H groups in total. The molecule has 0 radical (unpaired) electrons. The van der Waals surface area contributed by atoms with Gasteiger partial charge in [0.05, 0.1) is 5.69 Å². The van der Waals surface area contributed by atoms with E-state index >= 15 is 0 Å². The predicted molar refractivity (Wildman–Crippen MR) is 64.5 cm³/mol. The van der Waals surface area contributed by atoms with Gasteiger partial charge in [-0.1, -0.05) is 26.0 Å². The third kappa shape index (κ3) is 2.58. The van der Waals surface area contributed by atoms with E-state index in [1.54, 1.807) is 0 Å². The molecule has 0 atom stereocenters. The number of nitrogens with two attached hydrogens (primary N) is 1. The standard InChI is InChI=1S/C13H18N2/c1-9(2)10-5-7-12(8-6-10)15-13(14)11-3-4-11/h5-9,11H,3-4H2,1-2H3,(H2,14,15). The van der Waals surface area contributed by atoms with Gasteiger partial charge in [0, 0.05) is 5.92 Å². The van der Waals surface area contributed by atoms with E-state index in [0.29, 0.717) is 11.8 Å². The SMILES string of the molecule is CC(C)c1ccc(N=C(N)C2CC2)cc1. The normalized spacial score (nSPS) is 17.1. The first-order valence-corrected chi connectivity index (χ1v) is 5.61. The molecule has 1 fully saturated rings. The van der Waals surface area contributed by atoms with E-state index in [-0.39, 0.29) is 0 Å². The van der Waals surface area contributed by atoms with Crippen molar-refractivity contribution in [1.29, 1.82) is 0 Å². The molecule has 0 saturated heterocycles. The second kappa shape index (κ2) is 4.05. The van der Waals surface area contributed by atoms with E-state index in [4.69, 9.17) is 5.73 Å². The Morgan fingerprint density at radius 1 is 1.27 bits per heavy atom. The van der Waals surface area contributed by atoms with Crippen LogP contribution in [-0.4, -0.2) is 5.84 Å². The molecule has 2 rings (SSSR count). The summed E-state index contributed by atoms with van der Waals surface area (Å²) in [5, 5.41) is 0. The lowest BCUT2D eigenvalue weighted by molar-refractivity contribution is 0.867. The van der Waals surface area contributed by atoms with Crippen molar-refractivity contribution in [3.05, 3.63) is 29.8 Å². The van der Waals surface area contributed by atoms with E-state index in [1.807, 2.05) is 12.1 Å². The van der Waals surface area contributed by atoms with Gasteiger partial charge < -0.3 is 5.73 Å². The van der Waals surface area contributed by atoms with Crippen molar-refractivity contribution in [2.24, 2.45) is 16.6 Å². The molecule has 0 unspecified atom stereocenters. The molecule has 1 saturated carbocycles. The van der Waals surface area contributed by atoms with Crippen LogP contribution < -0.4 is 5.73 Å². The zero-order chi connectivity index (χ0) is 10.8. The van der Waals surface area contributed by atoms with Gasteiger partial charge in [-0.25, -0.2) is 4.99 Å². The van der Waals surface area contributed by atoms with Crippen molar-refractivity contribution < 1.29 is 0 Å². The minimum atomic E-state index is 0.551. The third-order valence-electron chi connectivity index (χ3n) is 2.81. The van der Waals surface area contributed by atoms with Crippen LogP contribution in [0.2, 0.25) is 0 Å². The Bertz CT molecular complexity index is 359. The second-order valence-electron chi connectivity index (χ2n) is 4.56. The van der Waals surface area contributed by atoms with Gasteiger partial charge >= 0.3 is 0 Å². The van der Waals surface area contributed by atoms with E-state index in [0.717, 1.165) is 11.5 Å². The van der Waals surface area contributed by atoms with Crippen LogP contribution in [0.1, 0.15) is 38.2 Å². The maximum atomic E-state index is 5.86. The van der Waals surface area contributed by atoms with Crippen molar-refractivity contribution in [2.45, 2.75) is 32.6 Å². The highest BCUT2D eigenvalue weighted by Gasteiger charge is 2.25. The van der Waals surface area contributed by atoms with E-state index in [2.05, 4.69) is 31.0 Å². The molecule has 0 spiro atoms. The quantitative estimate of drug-likeness (QED) is 0.593. The fraction of sp³-hybridized carbons (Fsp3) is 0.462. The zero-order valence-electron chi connectivity index (χ0n) is 9.40. The molecule has 2 nitrogen and oxygen atoms in total. The van der Waals surface area contributed by atoms with Crippen molar-refractivity contribution >= 4 is 11.5 Å². The number of hydrogen-bond donors (Lipinski definition) is 1. The lowest BCUT2D eigenvalue weighted by Crippen LogP contribution is -2.12. The molecule has 0 amide bonds. The van der Waals surface area contributed by atoms with Crippen LogP contribution in [0.25, 0.3) is 0 Å². The summed E-state index contributed by atoms with van der Waals surface area (Å²) in [7, 11) is 0. The number of hydrogen-bond acceptors (Lipinski definition) is 1. The van der Waals surface area contributed by atoms with Gasteiger partial charge in [-0.15, -0.1) is 0 Å². The highest BCUT2D eigenvalue weighted by Crippen LogP contribution is 2.30. The Balaban J connectivity index is 2.12. The summed E-state index contributed by atoms with van der Waals surface area (Å²) in [5.74, 6) is 1.92. The molecular formula is C13H18N2. The van der Waals surface area contributed by atoms with Crippen molar-refractivity contribution in [3.63, 3.8) is 0 Å². The Hall–Kier alpha value is -1.31. The van der Waals surface area contributed by atoms with E-state index in [9.17, 15) is 0 Å². The monoisotopic (exact) mass is 202 g/mol. The van der Waals surface area contributed by atoms with Crippen LogP contribution in [0.15, 0.2) is 29.3 Å². The summed E-state index contributed by atoms with van der Waals surface area (Å²) >= 11 is 0. The molecule has 0 aromatic heterocycles. The van der Waals surface area contributed by atoms with E-state index < -0.39 is 0 Å². The lowest BCUT2D eigenvalue weighted by Gasteiger charge is -2.05. The number of nitrogens with zero attached hydrogens (tertiary/aromatic N) is 1. The zero-order valence-corrected chi connectivity index (χ0v) is 9.40. The maximum Gasteiger partial charge on any atom is 0.103 e. The number of amidine groups is 1. The summed E-state index contributed by atoms with van der Waals surface area (Å²) in [5.41, 5.74) is 8.18. The third-order valence-corrected chi connectivity index (χ3v) is 2.81. The Morgan fingerprint density at radius 2 is 1.87 bits per heavy atom. The van der Waals surface area contributed by atoms with Gasteiger partial charge in [-0.3, -0.25) is 0 Å². The minimum absolute atomic E-state index is 0.551. The average molecular weight is 202 g/mol. The van der Waals surface area contributed by atoms with Crippen LogP contribution in [0.5, 0.6) is 0 Å². The average Bonchev–Trinajstić information content (AvgIpc) is 3.01. The van der Waals surface area contributed by atoms with Crippen LogP contribution in [0.3, 0.4) is 0 Å². The van der Waals surface area contributed by atoms with Crippen LogP contribution in [0, 0.1) is 5.92 Å². The topological polar surface area (TPSA) is 38.4 Å². The summed E-state index contributed by atoms with van der Waals surface area (Å²) in [4.78, 5) is 4.42. The fourth-order valence-electron chi connectivity index (χ4n) is 1.55. The molecule has 0 aliphatic heterocycles. The summed E-state index contributed by atoms with van der Waals surface area (Å²) in [6, 6.07) is 8.35. The predicted octanol–water partition coefficient (Wildman–Crippen LogP) is 3.21. The van der Waals surface area contributed by atoms with Gasteiger partial charge in [-0.05, 0) is 36.5 Å². The Kier molecular flexibility index (Phi) is 2.76. The Morgan fingerprint density at radius 3 is 2.33 bits per heavy atom. The first-order valence-electron chi connectivity index (χ1n) is 5.61. The maximum absolute atomic E-state index is 5.86. The summed E-state index contributed by atoms with van der Waals surface area (Å²) in [6.45, 7) is 4.38. The van der Waals surface area contributed by atoms with Crippen LogP contribution >= 0.6 is 0 Å². The fourth-order valence-corrected chi connectivity index (χ4v) is 1.55. The molecule has 15 heavy (non-hydrogen) atoms.